The van der Waals surface area contributed by atoms with Gasteiger partial charge in [-0.25, -0.2) is 4.79 Å². The van der Waals surface area contributed by atoms with Crippen molar-refractivity contribution in [2.24, 2.45) is 0 Å². The third-order valence-corrected chi connectivity index (χ3v) is 7.30. The molecule has 1 aromatic heterocycles. The fourth-order valence-electron chi connectivity index (χ4n) is 5.08. The molecular weight excluding hydrogens is 548 g/mol. The average molecular weight is 577 g/mol. The van der Waals surface area contributed by atoms with Gasteiger partial charge in [0.15, 0.2) is 16.6 Å². The molecule has 1 aliphatic heterocycles. The normalized spacial score (nSPS) is 12.0. The second-order valence-corrected chi connectivity index (χ2v) is 10.0. The number of rotatable bonds is 5. The van der Waals surface area contributed by atoms with Crippen LogP contribution in [-0.4, -0.2) is 30.3 Å². The number of carbonyl (C=O) groups excluding carboxylic acids is 1. The van der Waals surface area contributed by atoms with Crippen molar-refractivity contribution in [3.63, 3.8) is 0 Å². The number of amides is 2. The lowest BCUT2D eigenvalue weighted by Crippen LogP contribution is -2.42. The van der Waals surface area contributed by atoms with Gasteiger partial charge in [0.1, 0.15) is 11.5 Å². The van der Waals surface area contributed by atoms with E-state index in [2.05, 4.69) is 27.8 Å². The van der Waals surface area contributed by atoms with Crippen LogP contribution in [0.4, 0.5) is 21.9 Å². The van der Waals surface area contributed by atoms with Crippen molar-refractivity contribution < 1.29 is 19.0 Å². The SMILES string of the molecule is COc1cc2nccc(Oc3ccc(NC(=S)NC(=O)N4c5ccccc5CCc5ccccc54)cc3)c2cc1OC. The quantitative estimate of drug-likeness (QED) is 0.211. The van der Waals surface area contributed by atoms with Crippen LogP contribution in [0.1, 0.15) is 11.1 Å². The van der Waals surface area contributed by atoms with Crippen molar-refractivity contribution in [1.82, 2.24) is 10.3 Å². The maximum atomic E-state index is 13.6. The lowest BCUT2D eigenvalue weighted by Gasteiger charge is -2.25. The van der Waals surface area contributed by atoms with E-state index in [0.717, 1.165) is 46.2 Å². The summed E-state index contributed by atoms with van der Waals surface area (Å²) < 4.78 is 17.0. The molecular formula is C33H28N4O4S. The van der Waals surface area contributed by atoms with Crippen molar-refractivity contribution in [2.75, 3.05) is 24.4 Å². The molecule has 0 saturated carbocycles. The Kier molecular flexibility index (Phi) is 7.57. The molecule has 0 radical (unpaired) electrons. The Morgan fingerprint density at radius 1 is 0.810 bits per heavy atom. The third-order valence-electron chi connectivity index (χ3n) is 7.10. The summed E-state index contributed by atoms with van der Waals surface area (Å²) >= 11 is 5.52. The van der Waals surface area contributed by atoms with E-state index >= 15 is 0 Å². The fourth-order valence-corrected chi connectivity index (χ4v) is 5.29. The molecule has 1 aliphatic rings. The van der Waals surface area contributed by atoms with Crippen LogP contribution in [0.15, 0.2) is 97.2 Å². The molecule has 0 aliphatic carbocycles. The van der Waals surface area contributed by atoms with Gasteiger partial charge in [-0.2, -0.15) is 0 Å². The molecule has 210 valence electrons. The van der Waals surface area contributed by atoms with Gasteiger partial charge in [0, 0.05) is 23.3 Å². The first-order valence-corrected chi connectivity index (χ1v) is 13.8. The Bertz CT molecular complexity index is 1740. The molecule has 2 N–H and O–H groups in total. The summed E-state index contributed by atoms with van der Waals surface area (Å²) in [5.41, 5.74) is 5.35. The predicted molar refractivity (Wildman–Crippen MR) is 169 cm³/mol. The number of urea groups is 1. The summed E-state index contributed by atoms with van der Waals surface area (Å²) in [5.74, 6) is 2.43. The van der Waals surface area contributed by atoms with Gasteiger partial charge in [0.2, 0.25) is 0 Å². The number of carbonyl (C=O) groups is 1. The first kappa shape index (κ1) is 27.0. The number of methoxy groups -OCH3 is 2. The second kappa shape index (κ2) is 11.8. The smallest absolute Gasteiger partial charge is 0.332 e. The monoisotopic (exact) mass is 576 g/mol. The lowest BCUT2D eigenvalue weighted by atomic mass is 10.0. The summed E-state index contributed by atoms with van der Waals surface area (Å²) in [7, 11) is 3.18. The van der Waals surface area contributed by atoms with Gasteiger partial charge in [-0.05, 0) is 84.7 Å². The molecule has 5 aromatic rings. The van der Waals surface area contributed by atoms with Crippen molar-refractivity contribution in [1.29, 1.82) is 0 Å². The van der Waals surface area contributed by atoms with E-state index in [1.165, 1.54) is 0 Å². The van der Waals surface area contributed by atoms with Crippen LogP contribution in [0.3, 0.4) is 0 Å². The highest BCUT2D eigenvalue weighted by atomic mass is 32.1. The largest absolute Gasteiger partial charge is 0.493 e. The highest BCUT2D eigenvalue weighted by Crippen LogP contribution is 2.38. The van der Waals surface area contributed by atoms with Gasteiger partial charge < -0.3 is 19.5 Å². The van der Waals surface area contributed by atoms with Crippen LogP contribution >= 0.6 is 12.2 Å². The number of hydrogen-bond acceptors (Lipinski definition) is 6. The maximum Gasteiger partial charge on any atom is 0.332 e. The summed E-state index contributed by atoms with van der Waals surface area (Å²) in [6, 6.07) is 28.3. The first-order valence-electron chi connectivity index (χ1n) is 13.4. The molecule has 0 atom stereocenters. The van der Waals surface area contributed by atoms with E-state index in [4.69, 9.17) is 26.4 Å². The number of ether oxygens (including phenoxy) is 3. The third kappa shape index (κ3) is 5.42. The topological polar surface area (TPSA) is 85.0 Å². The minimum Gasteiger partial charge on any atom is -0.493 e. The average Bonchev–Trinajstić information content (AvgIpc) is 3.18. The number of hydrogen-bond donors (Lipinski definition) is 2. The molecule has 6 rings (SSSR count). The highest BCUT2D eigenvalue weighted by molar-refractivity contribution is 7.80. The van der Waals surface area contributed by atoms with E-state index in [1.54, 1.807) is 31.4 Å². The predicted octanol–water partition coefficient (Wildman–Crippen LogP) is 7.39. The minimum absolute atomic E-state index is 0.189. The number of benzene rings is 4. The number of aryl methyl sites for hydroxylation is 2. The van der Waals surface area contributed by atoms with Gasteiger partial charge in [0.25, 0.3) is 0 Å². The number of thiocarbonyl (C=S) groups is 1. The van der Waals surface area contributed by atoms with E-state index in [0.29, 0.717) is 28.7 Å². The number of para-hydroxylation sites is 2. The van der Waals surface area contributed by atoms with Gasteiger partial charge in [0.05, 0.1) is 31.1 Å². The Morgan fingerprint density at radius 2 is 1.43 bits per heavy atom. The number of fused-ring (bicyclic) bond motifs is 3. The summed E-state index contributed by atoms with van der Waals surface area (Å²) in [4.78, 5) is 19.7. The maximum absolute atomic E-state index is 13.6. The first-order chi connectivity index (χ1) is 20.5. The fraction of sp³-hybridized carbons (Fsp3) is 0.121. The summed E-state index contributed by atoms with van der Waals surface area (Å²) in [6.07, 6.45) is 3.39. The van der Waals surface area contributed by atoms with Crippen LogP contribution < -0.4 is 29.7 Å². The highest BCUT2D eigenvalue weighted by Gasteiger charge is 2.26. The molecule has 42 heavy (non-hydrogen) atoms. The molecule has 4 aromatic carbocycles. The van der Waals surface area contributed by atoms with Gasteiger partial charge in [-0.1, -0.05) is 36.4 Å². The van der Waals surface area contributed by atoms with Crippen molar-refractivity contribution in [3.8, 4) is 23.0 Å². The lowest BCUT2D eigenvalue weighted by molar-refractivity contribution is 0.252. The zero-order valence-corrected chi connectivity index (χ0v) is 23.9. The van der Waals surface area contributed by atoms with Gasteiger partial charge >= 0.3 is 6.03 Å². The Labute approximate surface area is 248 Å². The molecule has 0 fully saturated rings. The molecule has 9 heteroatoms. The van der Waals surface area contributed by atoms with Crippen LogP contribution in [0.25, 0.3) is 10.9 Å². The minimum atomic E-state index is -0.328. The van der Waals surface area contributed by atoms with Crippen LogP contribution in [0.2, 0.25) is 0 Å². The number of anilines is 3. The molecule has 0 unspecified atom stereocenters. The Morgan fingerprint density at radius 3 is 2.07 bits per heavy atom. The molecule has 0 bridgehead atoms. The second-order valence-electron chi connectivity index (χ2n) is 9.64. The summed E-state index contributed by atoms with van der Waals surface area (Å²) in [6.45, 7) is 0. The van der Waals surface area contributed by atoms with Crippen LogP contribution in [0.5, 0.6) is 23.0 Å². The van der Waals surface area contributed by atoms with E-state index < -0.39 is 0 Å². The zero-order valence-electron chi connectivity index (χ0n) is 23.1. The molecule has 8 nitrogen and oxygen atoms in total. The van der Waals surface area contributed by atoms with Crippen molar-refractivity contribution >= 4 is 51.3 Å². The van der Waals surface area contributed by atoms with Gasteiger partial charge in [-0.15, -0.1) is 0 Å². The Balaban J connectivity index is 1.16. The zero-order chi connectivity index (χ0) is 29.1. The van der Waals surface area contributed by atoms with E-state index in [9.17, 15) is 4.79 Å². The molecule has 0 spiro atoms. The number of nitrogens with zero attached hydrogens (tertiary/aromatic N) is 2. The standard InChI is InChI=1S/C33H28N4O4S/c1-39-30-19-25-26(20-31(30)40-2)34-18-17-29(25)41-24-15-13-23(14-16-24)35-32(42)36-33(38)37-27-9-5-3-7-21(27)11-12-22-8-4-6-10-28(22)37/h3-10,13-20H,11-12H2,1-2H3,(H2,35,36,38,42). The van der Waals surface area contributed by atoms with E-state index in [-0.39, 0.29) is 11.1 Å². The van der Waals surface area contributed by atoms with Crippen LogP contribution in [0, 0.1) is 0 Å². The number of nitrogens with one attached hydrogen (secondary N) is 2. The molecule has 2 amide bonds. The molecule has 0 saturated heterocycles. The number of pyridine rings is 1. The van der Waals surface area contributed by atoms with Crippen molar-refractivity contribution in [2.45, 2.75) is 12.8 Å². The molecule has 2 heterocycles. The van der Waals surface area contributed by atoms with Crippen LogP contribution in [-0.2, 0) is 12.8 Å². The summed E-state index contributed by atoms with van der Waals surface area (Å²) in [5, 5.41) is 6.93. The Hall–Kier alpha value is -5.15. The number of aromatic nitrogens is 1. The van der Waals surface area contributed by atoms with E-state index in [1.807, 2.05) is 72.8 Å². The van der Waals surface area contributed by atoms with Crippen molar-refractivity contribution in [3.05, 3.63) is 108 Å². The van der Waals surface area contributed by atoms with Gasteiger partial charge in [-0.3, -0.25) is 15.2 Å².